The Hall–Kier alpha value is -1.23. The van der Waals surface area contributed by atoms with Crippen LogP contribution in [-0.2, 0) is 0 Å². The van der Waals surface area contributed by atoms with E-state index in [-0.39, 0.29) is 0 Å². The average Bonchev–Trinajstić information content (AvgIpc) is 1.95. The second kappa shape index (κ2) is 2.43. The van der Waals surface area contributed by atoms with Gasteiger partial charge in [0.2, 0.25) is 6.17 Å². The van der Waals surface area contributed by atoms with Gasteiger partial charge in [-0.15, -0.1) is 0 Å². The third kappa shape index (κ3) is 1.14. The number of hydrogen-bond donors (Lipinski definition) is 1. The van der Waals surface area contributed by atoms with Crippen LogP contribution in [0.4, 0.5) is 4.39 Å². The van der Waals surface area contributed by atoms with Gasteiger partial charge in [-0.3, -0.25) is 10.1 Å². The number of nitro groups is 1. The molecule has 0 aromatic heterocycles. The van der Waals surface area contributed by atoms with Gasteiger partial charge >= 0.3 is 5.72 Å². The van der Waals surface area contributed by atoms with Gasteiger partial charge in [-0.05, 0) is 6.08 Å². The molecule has 0 saturated carbocycles. The smallest absolute Gasteiger partial charge is 0.325 e. The van der Waals surface area contributed by atoms with E-state index in [0.717, 1.165) is 12.2 Å². The molecule has 0 radical (unpaired) electrons. The zero-order chi connectivity index (χ0) is 8.48. The fraction of sp³-hybridized carbons (Fsp3) is 0.333. The van der Waals surface area contributed by atoms with E-state index in [1.807, 2.05) is 0 Å². The molecule has 11 heavy (non-hydrogen) atoms. The normalized spacial score (nSPS) is 35.6. The van der Waals surface area contributed by atoms with Crippen molar-refractivity contribution >= 4 is 0 Å². The van der Waals surface area contributed by atoms with Crippen LogP contribution in [0.25, 0.3) is 0 Å². The average molecular weight is 159 g/mol. The standard InChI is InChI=1S/C6H6FNO3/c7-5-3-1-2-4-6(5,9)8(10)11/h1-5,9H. The minimum atomic E-state index is -2.57. The second-order valence-electron chi connectivity index (χ2n) is 2.19. The molecule has 1 rings (SSSR count). The van der Waals surface area contributed by atoms with Gasteiger partial charge in [0.15, 0.2) is 0 Å². The van der Waals surface area contributed by atoms with Crippen molar-refractivity contribution in [3.8, 4) is 0 Å². The maximum absolute atomic E-state index is 12.7. The van der Waals surface area contributed by atoms with Crippen LogP contribution in [0.3, 0.4) is 0 Å². The summed E-state index contributed by atoms with van der Waals surface area (Å²) in [5, 5.41) is 19.1. The summed E-state index contributed by atoms with van der Waals surface area (Å²) >= 11 is 0. The van der Waals surface area contributed by atoms with Crippen molar-refractivity contribution in [1.29, 1.82) is 0 Å². The molecule has 1 aliphatic carbocycles. The van der Waals surface area contributed by atoms with Crippen LogP contribution < -0.4 is 0 Å². The van der Waals surface area contributed by atoms with E-state index in [1.165, 1.54) is 12.2 Å². The molecule has 5 heteroatoms. The van der Waals surface area contributed by atoms with E-state index < -0.39 is 16.8 Å². The molecule has 2 unspecified atom stereocenters. The molecule has 0 amide bonds. The highest BCUT2D eigenvalue weighted by Crippen LogP contribution is 2.21. The zero-order valence-electron chi connectivity index (χ0n) is 5.48. The lowest BCUT2D eigenvalue weighted by Gasteiger charge is -2.18. The van der Waals surface area contributed by atoms with E-state index in [0.29, 0.717) is 0 Å². The van der Waals surface area contributed by atoms with Crippen LogP contribution in [0.2, 0.25) is 0 Å². The lowest BCUT2D eigenvalue weighted by atomic mass is 10.0. The van der Waals surface area contributed by atoms with E-state index in [4.69, 9.17) is 5.11 Å². The Kier molecular flexibility index (Phi) is 1.74. The minimum absolute atomic E-state index is 0.817. The number of nitrogens with zero attached hydrogens (tertiary/aromatic N) is 1. The Morgan fingerprint density at radius 2 is 2.27 bits per heavy atom. The first kappa shape index (κ1) is 7.87. The number of rotatable bonds is 1. The van der Waals surface area contributed by atoms with Gasteiger partial charge in [0.05, 0.1) is 4.92 Å². The second-order valence-corrected chi connectivity index (χ2v) is 2.19. The highest BCUT2D eigenvalue weighted by molar-refractivity contribution is 5.19. The van der Waals surface area contributed by atoms with Crippen molar-refractivity contribution in [1.82, 2.24) is 0 Å². The number of alkyl halides is 1. The molecule has 0 saturated heterocycles. The number of allylic oxidation sites excluding steroid dienone is 2. The van der Waals surface area contributed by atoms with Crippen molar-refractivity contribution < 1.29 is 14.4 Å². The molecule has 0 bridgehead atoms. The van der Waals surface area contributed by atoms with E-state index >= 15 is 0 Å². The number of hydrogen-bond acceptors (Lipinski definition) is 3. The molecule has 2 atom stereocenters. The molecule has 0 aromatic rings. The molecule has 60 valence electrons. The fourth-order valence-corrected chi connectivity index (χ4v) is 0.754. The maximum Gasteiger partial charge on any atom is 0.377 e. The molecule has 1 N–H and O–H groups in total. The first-order valence-corrected chi connectivity index (χ1v) is 2.94. The van der Waals surface area contributed by atoms with Gasteiger partial charge in [0.1, 0.15) is 0 Å². The highest BCUT2D eigenvalue weighted by atomic mass is 19.1. The van der Waals surface area contributed by atoms with E-state index in [1.54, 1.807) is 0 Å². The van der Waals surface area contributed by atoms with Crippen molar-refractivity contribution in [3.05, 3.63) is 34.4 Å². The first-order valence-electron chi connectivity index (χ1n) is 2.94. The highest BCUT2D eigenvalue weighted by Gasteiger charge is 2.46. The van der Waals surface area contributed by atoms with Crippen molar-refractivity contribution in [2.75, 3.05) is 0 Å². The Bertz CT molecular complexity index is 238. The van der Waals surface area contributed by atoms with Gasteiger partial charge in [0.25, 0.3) is 0 Å². The Morgan fingerprint density at radius 1 is 1.64 bits per heavy atom. The minimum Gasteiger partial charge on any atom is -0.325 e. The third-order valence-electron chi connectivity index (χ3n) is 1.43. The fourth-order valence-electron chi connectivity index (χ4n) is 0.754. The topological polar surface area (TPSA) is 63.4 Å². The van der Waals surface area contributed by atoms with Crippen LogP contribution in [0, 0.1) is 10.1 Å². The van der Waals surface area contributed by atoms with Gasteiger partial charge in [-0.25, -0.2) is 4.39 Å². The van der Waals surface area contributed by atoms with Gasteiger partial charge in [-0.1, -0.05) is 12.2 Å². The summed E-state index contributed by atoms with van der Waals surface area (Å²) in [6.07, 6.45) is 2.32. The SMILES string of the molecule is O=[N+]([O-])C1(O)C=CC=CC1F. The maximum atomic E-state index is 12.7. The summed E-state index contributed by atoms with van der Waals surface area (Å²) < 4.78 is 12.7. The molecule has 4 nitrogen and oxygen atoms in total. The van der Waals surface area contributed by atoms with Crippen LogP contribution in [0.5, 0.6) is 0 Å². The Balaban J connectivity index is 2.94. The van der Waals surface area contributed by atoms with E-state index in [9.17, 15) is 14.5 Å². The van der Waals surface area contributed by atoms with Crippen LogP contribution in [0.1, 0.15) is 0 Å². The monoisotopic (exact) mass is 159 g/mol. The third-order valence-corrected chi connectivity index (χ3v) is 1.43. The summed E-state index contributed by atoms with van der Waals surface area (Å²) in [6, 6.07) is 0. The Labute approximate surface area is 61.8 Å². The summed E-state index contributed by atoms with van der Waals surface area (Å²) in [6.45, 7) is 0. The zero-order valence-corrected chi connectivity index (χ0v) is 5.48. The number of aliphatic hydroxyl groups is 1. The summed E-state index contributed by atoms with van der Waals surface area (Å²) in [7, 11) is 0. The van der Waals surface area contributed by atoms with Crippen molar-refractivity contribution in [3.63, 3.8) is 0 Å². The van der Waals surface area contributed by atoms with E-state index in [2.05, 4.69) is 0 Å². The quantitative estimate of drug-likeness (QED) is 0.342. The summed E-state index contributed by atoms with van der Waals surface area (Å²) in [5.74, 6) is 0. The van der Waals surface area contributed by atoms with Crippen molar-refractivity contribution in [2.24, 2.45) is 0 Å². The van der Waals surface area contributed by atoms with Crippen molar-refractivity contribution in [2.45, 2.75) is 11.9 Å². The van der Waals surface area contributed by atoms with Crippen LogP contribution >= 0.6 is 0 Å². The molecule has 0 aromatic carbocycles. The predicted molar refractivity (Wildman–Crippen MR) is 35.1 cm³/mol. The lowest BCUT2D eigenvalue weighted by molar-refractivity contribution is -0.615. The molecule has 0 fully saturated rings. The summed E-state index contributed by atoms with van der Waals surface area (Å²) in [5.41, 5.74) is -2.57. The van der Waals surface area contributed by atoms with Crippen LogP contribution in [-0.4, -0.2) is 21.9 Å². The Morgan fingerprint density at radius 3 is 2.64 bits per heavy atom. The first-order chi connectivity index (χ1) is 5.07. The molecule has 0 heterocycles. The molecule has 0 spiro atoms. The molecular weight excluding hydrogens is 153 g/mol. The molecular formula is C6H6FNO3. The molecule has 1 aliphatic rings. The predicted octanol–water partition coefficient (Wildman–Crippen LogP) is 0.416. The van der Waals surface area contributed by atoms with Gasteiger partial charge < -0.3 is 5.11 Å². The lowest BCUT2D eigenvalue weighted by Crippen LogP contribution is -2.45. The van der Waals surface area contributed by atoms with Gasteiger partial charge in [0, 0.05) is 6.08 Å². The van der Waals surface area contributed by atoms with Crippen LogP contribution in [0.15, 0.2) is 24.3 Å². The largest absolute Gasteiger partial charge is 0.377 e. The number of halogens is 1. The summed E-state index contributed by atoms with van der Waals surface area (Å²) in [4.78, 5) is 9.06. The van der Waals surface area contributed by atoms with Gasteiger partial charge in [-0.2, -0.15) is 0 Å². The molecule has 0 aliphatic heterocycles.